The Labute approximate surface area is 329 Å². The molecule has 2 N–H and O–H groups in total. The van der Waals surface area contributed by atoms with Crippen LogP contribution in [0.15, 0.2) is 60.1 Å². The van der Waals surface area contributed by atoms with Crippen LogP contribution in [0.1, 0.15) is 65.4 Å². The third kappa shape index (κ3) is 10.1. The number of rotatable bonds is 7. The molecule has 2 aromatic heterocycles. The molecule has 308 valence electrons. The van der Waals surface area contributed by atoms with E-state index in [4.69, 9.17) is 14.2 Å². The van der Waals surface area contributed by atoms with Gasteiger partial charge in [0.05, 0.1) is 30.0 Å². The van der Waals surface area contributed by atoms with Crippen molar-refractivity contribution in [3.05, 3.63) is 65.7 Å². The van der Waals surface area contributed by atoms with Crippen molar-refractivity contribution >= 4 is 29.2 Å². The molecule has 11 nitrogen and oxygen atoms in total. The Morgan fingerprint density at radius 2 is 1.79 bits per heavy atom. The minimum Gasteiger partial charge on any atom is -0.488 e. The highest BCUT2D eigenvalue weighted by Crippen LogP contribution is 2.37. The zero-order chi connectivity index (χ0) is 41.3. The van der Waals surface area contributed by atoms with Gasteiger partial charge < -0.3 is 29.7 Å². The van der Waals surface area contributed by atoms with Crippen LogP contribution in [-0.2, 0) is 25.2 Å². The lowest BCUT2D eigenvalue weighted by atomic mass is 10.1. The number of hydrogen-bond acceptors (Lipinski definition) is 9. The van der Waals surface area contributed by atoms with Crippen molar-refractivity contribution in [3.63, 3.8) is 0 Å². The average molecular weight is 824 g/mol. The Kier molecular flexibility index (Phi) is 12.2. The fourth-order valence-corrected chi connectivity index (χ4v) is 7.37. The number of halogens is 6. The lowest BCUT2D eigenvalue weighted by Gasteiger charge is -2.34. The van der Waals surface area contributed by atoms with Gasteiger partial charge >= 0.3 is 18.4 Å². The number of pyridine rings is 1. The van der Waals surface area contributed by atoms with E-state index in [2.05, 4.69) is 20.6 Å². The van der Waals surface area contributed by atoms with Gasteiger partial charge in [-0.05, 0) is 64.5 Å². The molecule has 7 atom stereocenters. The van der Waals surface area contributed by atoms with Crippen LogP contribution >= 0.6 is 11.3 Å². The standard InChI is InChI=1S/C39H43F6N5O6S/c1-5-31-32(49-36(53)56-37(3,4)39(43,44)45)35(52)50-20-26(19-30(50)33(51)48-27-16-23(27)9-7-6-8-21(2)54-31)55-25-17-28(47-29(18-25)34-46-14-15-57-34)22-10-12-24(13-11-22)38(40,41)42/h7,9-15,17-18,21,23,26-27,30-32H,5-6,8,16,19-20H2,1-4H3,(H,48,51)(H,49,53)/b9-7-/t21-,23+,26-,27?,30+,31?,32+/m1/s1. The van der Waals surface area contributed by atoms with E-state index < -0.39 is 71.8 Å². The van der Waals surface area contributed by atoms with Gasteiger partial charge in [0.2, 0.25) is 17.4 Å². The molecular weight excluding hydrogens is 781 g/mol. The predicted octanol–water partition coefficient (Wildman–Crippen LogP) is 7.71. The maximum Gasteiger partial charge on any atom is 0.427 e. The number of aromatic nitrogens is 2. The highest BCUT2D eigenvalue weighted by atomic mass is 32.1. The number of hydrogen-bond donors (Lipinski definition) is 2. The van der Waals surface area contributed by atoms with Gasteiger partial charge in [0.15, 0.2) is 0 Å². The number of amides is 3. The van der Waals surface area contributed by atoms with Crippen molar-refractivity contribution in [2.75, 3.05) is 6.54 Å². The average Bonchev–Trinajstić information content (AvgIpc) is 3.47. The van der Waals surface area contributed by atoms with E-state index >= 15 is 0 Å². The van der Waals surface area contributed by atoms with Crippen molar-refractivity contribution < 1.29 is 54.9 Å². The number of fused-ring (bicyclic) bond motifs is 2. The molecule has 1 saturated carbocycles. The number of alkyl carbamates (subject to hydrolysis) is 1. The summed E-state index contributed by atoms with van der Waals surface area (Å²) >= 11 is 1.28. The maximum atomic E-state index is 14.6. The molecule has 6 rings (SSSR count). The smallest absolute Gasteiger partial charge is 0.427 e. The number of alkyl halides is 6. The number of nitrogens with one attached hydrogen (secondary N) is 2. The minimum absolute atomic E-state index is 0.0123. The van der Waals surface area contributed by atoms with Crippen LogP contribution in [0, 0.1) is 5.92 Å². The van der Waals surface area contributed by atoms with E-state index in [0.717, 1.165) is 12.1 Å². The van der Waals surface area contributed by atoms with Gasteiger partial charge in [0.1, 0.15) is 34.6 Å². The van der Waals surface area contributed by atoms with Crippen LogP contribution in [0.3, 0.4) is 0 Å². The van der Waals surface area contributed by atoms with Crippen LogP contribution < -0.4 is 15.4 Å². The van der Waals surface area contributed by atoms with Gasteiger partial charge in [0, 0.05) is 41.7 Å². The third-order valence-electron chi connectivity index (χ3n) is 10.2. The molecule has 57 heavy (non-hydrogen) atoms. The number of benzene rings is 1. The second-order valence-corrected chi connectivity index (χ2v) is 15.8. The van der Waals surface area contributed by atoms with Crippen LogP contribution in [0.4, 0.5) is 31.1 Å². The zero-order valence-electron chi connectivity index (χ0n) is 31.5. The van der Waals surface area contributed by atoms with Crippen molar-refractivity contribution in [1.29, 1.82) is 0 Å². The molecule has 3 amide bonds. The molecule has 2 aliphatic heterocycles. The second kappa shape index (κ2) is 16.6. The Balaban J connectivity index is 1.33. The largest absolute Gasteiger partial charge is 0.488 e. The van der Waals surface area contributed by atoms with E-state index in [9.17, 15) is 40.7 Å². The zero-order valence-corrected chi connectivity index (χ0v) is 32.3. The lowest BCUT2D eigenvalue weighted by molar-refractivity contribution is -0.244. The molecule has 0 spiro atoms. The molecule has 18 heteroatoms. The molecule has 4 heterocycles. The van der Waals surface area contributed by atoms with E-state index in [-0.39, 0.29) is 42.8 Å². The van der Waals surface area contributed by atoms with Gasteiger partial charge in [-0.2, -0.15) is 26.3 Å². The summed E-state index contributed by atoms with van der Waals surface area (Å²) in [7, 11) is 0. The first kappa shape index (κ1) is 41.9. The van der Waals surface area contributed by atoms with E-state index in [1.54, 1.807) is 31.5 Å². The summed E-state index contributed by atoms with van der Waals surface area (Å²) < 4.78 is 98.5. The molecular formula is C39H43F6N5O6S. The number of nitrogens with zero attached hydrogens (tertiary/aromatic N) is 3. The summed E-state index contributed by atoms with van der Waals surface area (Å²) in [5.41, 5.74) is -2.71. The van der Waals surface area contributed by atoms with E-state index in [1.165, 1.54) is 34.4 Å². The molecule has 2 unspecified atom stereocenters. The third-order valence-corrected chi connectivity index (χ3v) is 10.9. The van der Waals surface area contributed by atoms with Gasteiger partial charge in [0.25, 0.3) is 0 Å². The number of carbonyl (C=O) groups is 3. The highest BCUT2D eigenvalue weighted by molar-refractivity contribution is 7.13. The predicted molar refractivity (Wildman–Crippen MR) is 197 cm³/mol. The van der Waals surface area contributed by atoms with Crippen LogP contribution in [0.2, 0.25) is 0 Å². The number of thiazole rings is 1. The van der Waals surface area contributed by atoms with Crippen molar-refractivity contribution in [2.45, 2.75) is 114 Å². The van der Waals surface area contributed by atoms with Crippen LogP contribution in [-0.4, -0.2) is 87.5 Å². The van der Waals surface area contributed by atoms with Crippen LogP contribution in [0.5, 0.6) is 5.75 Å². The minimum atomic E-state index is -4.92. The van der Waals surface area contributed by atoms with Crippen LogP contribution in [0.25, 0.3) is 22.0 Å². The van der Waals surface area contributed by atoms with Gasteiger partial charge in [-0.1, -0.05) is 31.2 Å². The maximum absolute atomic E-state index is 14.6. The first-order valence-corrected chi connectivity index (χ1v) is 19.5. The summed E-state index contributed by atoms with van der Waals surface area (Å²) in [4.78, 5) is 51.8. The Hall–Kier alpha value is -4.71. The topological polar surface area (TPSA) is 132 Å². The van der Waals surface area contributed by atoms with E-state index in [0.29, 0.717) is 49.4 Å². The number of carbonyl (C=O) groups excluding carboxylic acids is 3. The summed E-state index contributed by atoms with van der Waals surface area (Å²) in [5, 5.41) is 7.57. The Morgan fingerprint density at radius 1 is 1.07 bits per heavy atom. The molecule has 1 aliphatic carbocycles. The van der Waals surface area contributed by atoms with Crippen molar-refractivity contribution in [3.8, 4) is 27.7 Å². The molecule has 1 saturated heterocycles. The molecule has 2 fully saturated rings. The fourth-order valence-electron chi connectivity index (χ4n) is 6.77. The SMILES string of the molecule is CCC1O[C@H](C)CC/C=C\[C@H]2CC2NC(=O)[C@@H]2C[C@@H](Oc3cc(-c4ccc(C(F)(F)F)cc4)nc(-c4nccs4)c3)CN2C(=O)[C@H]1NC(=O)OC(C)(C)C(F)(F)F. The second-order valence-electron chi connectivity index (χ2n) is 14.9. The van der Waals surface area contributed by atoms with Crippen molar-refractivity contribution in [1.82, 2.24) is 25.5 Å². The normalized spacial score (nSPS) is 26.6. The van der Waals surface area contributed by atoms with Crippen molar-refractivity contribution in [2.24, 2.45) is 5.92 Å². The Morgan fingerprint density at radius 3 is 2.44 bits per heavy atom. The van der Waals surface area contributed by atoms with Gasteiger partial charge in [-0.3, -0.25) is 9.59 Å². The first-order valence-electron chi connectivity index (χ1n) is 18.6. The summed E-state index contributed by atoms with van der Waals surface area (Å²) in [6.07, 6.45) is -5.60. The quantitative estimate of drug-likeness (QED) is 0.183. The number of allylic oxidation sites excluding steroid dienone is 1. The van der Waals surface area contributed by atoms with E-state index in [1.807, 2.05) is 12.2 Å². The summed E-state index contributed by atoms with van der Waals surface area (Å²) in [5.74, 6) is -0.932. The molecule has 3 aliphatic rings. The first-order chi connectivity index (χ1) is 26.8. The summed E-state index contributed by atoms with van der Waals surface area (Å²) in [6.45, 7) is 4.68. The molecule has 0 bridgehead atoms. The molecule has 1 aromatic carbocycles. The monoisotopic (exact) mass is 823 g/mol. The fraction of sp³-hybridized carbons (Fsp3) is 0.513. The van der Waals surface area contributed by atoms with Gasteiger partial charge in [-0.25, -0.2) is 14.8 Å². The van der Waals surface area contributed by atoms with Gasteiger partial charge in [-0.15, -0.1) is 11.3 Å². The molecule has 0 radical (unpaired) electrons. The number of ether oxygens (including phenoxy) is 3. The lowest BCUT2D eigenvalue weighted by Crippen LogP contribution is -2.59. The highest BCUT2D eigenvalue weighted by Gasteiger charge is 2.52. The molecule has 3 aromatic rings. The Bertz CT molecular complexity index is 1940. The summed E-state index contributed by atoms with van der Waals surface area (Å²) in [6, 6.07) is 4.75.